The molecular formula is C14H12N4OS. The zero-order valence-electron chi connectivity index (χ0n) is 10.6. The van der Waals surface area contributed by atoms with Crippen molar-refractivity contribution in [2.45, 2.75) is 11.0 Å². The fourth-order valence-corrected chi connectivity index (χ4v) is 2.40. The van der Waals surface area contributed by atoms with Crippen LogP contribution in [0.2, 0.25) is 0 Å². The van der Waals surface area contributed by atoms with Crippen molar-refractivity contribution in [2.24, 2.45) is 0 Å². The Bertz CT molecular complexity index is 699. The van der Waals surface area contributed by atoms with Gasteiger partial charge in [-0.3, -0.25) is 0 Å². The van der Waals surface area contributed by atoms with E-state index in [2.05, 4.69) is 27.3 Å². The first-order chi connectivity index (χ1) is 9.81. The van der Waals surface area contributed by atoms with E-state index in [1.54, 1.807) is 18.3 Å². The molecule has 0 aliphatic heterocycles. The van der Waals surface area contributed by atoms with Gasteiger partial charge in [-0.15, -0.1) is 10.2 Å². The zero-order valence-corrected chi connectivity index (χ0v) is 11.4. The number of anilines is 1. The summed E-state index contributed by atoms with van der Waals surface area (Å²) in [6, 6.07) is 13.6. The molecule has 1 aromatic carbocycles. The molecule has 0 fully saturated rings. The van der Waals surface area contributed by atoms with Gasteiger partial charge in [0, 0.05) is 17.5 Å². The van der Waals surface area contributed by atoms with Gasteiger partial charge in [0.2, 0.25) is 5.89 Å². The Morgan fingerprint density at radius 2 is 1.95 bits per heavy atom. The number of rotatable bonds is 4. The van der Waals surface area contributed by atoms with Crippen LogP contribution in [0.15, 0.2) is 58.3 Å². The number of benzene rings is 1. The number of nitrogen functional groups attached to an aromatic ring is 1. The topological polar surface area (TPSA) is 77.8 Å². The van der Waals surface area contributed by atoms with Gasteiger partial charge in [0.1, 0.15) is 5.82 Å². The second kappa shape index (κ2) is 5.75. The van der Waals surface area contributed by atoms with Gasteiger partial charge < -0.3 is 10.2 Å². The minimum absolute atomic E-state index is 0.430. The Labute approximate surface area is 120 Å². The van der Waals surface area contributed by atoms with Crippen molar-refractivity contribution >= 4 is 17.6 Å². The number of hydrogen-bond donors (Lipinski definition) is 1. The number of thioether (sulfide) groups is 1. The summed E-state index contributed by atoms with van der Waals surface area (Å²) in [6.45, 7) is 0. The molecule has 0 bridgehead atoms. The lowest BCUT2D eigenvalue weighted by molar-refractivity contribution is 0.466. The molecule has 5 nitrogen and oxygen atoms in total. The highest BCUT2D eigenvalue weighted by atomic mass is 32.2. The van der Waals surface area contributed by atoms with Gasteiger partial charge >= 0.3 is 0 Å². The average molecular weight is 284 g/mol. The van der Waals surface area contributed by atoms with Crippen LogP contribution in [-0.4, -0.2) is 15.2 Å². The summed E-state index contributed by atoms with van der Waals surface area (Å²) < 4.78 is 5.60. The smallest absolute Gasteiger partial charge is 0.277 e. The first-order valence-corrected chi connectivity index (χ1v) is 7.02. The number of aromatic nitrogens is 3. The van der Waals surface area contributed by atoms with Crippen LogP contribution in [-0.2, 0) is 5.75 Å². The summed E-state index contributed by atoms with van der Waals surface area (Å²) in [5, 5.41) is 8.58. The van der Waals surface area contributed by atoms with Gasteiger partial charge in [-0.1, -0.05) is 42.1 Å². The molecule has 6 heteroatoms. The number of pyridine rings is 1. The lowest BCUT2D eigenvalue weighted by Crippen LogP contribution is -1.89. The maximum atomic E-state index is 5.63. The van der Waals surface area contributed by atoms with Crippen molar-refractivity contribution in [3.8, 4) is 11.5 Å². The molecule has 0 saturated heterocycles. The Morgan fingerprint density at radius 1 is 1.10 bits per heavy atom. The minimum atomic E-state index is 0.430. The van der Waals surface area contributed by atoms with Gasteiger partial charge in [0.25, 0.3) is 5.22 Å². The summed E-state index contributed by atoms with van der Waals surface area (Å²) >= 11 is 1.51. The molecule has 0 unspecified atom stereocenters. The van der Waals surface area contributed by atoms with Crippen molar-refractivity contribution in [2.75, 3.05) is 5.73 Å². The maximum Gasteiger partial charge on any atom is 0.277 e. The van der Waals surface area contributed by atoms with Crippen LogP contribution in [0.1, 0.15) is 5.56 Å². The molecule has 0 atom stereocenters. The van der Waals surface area contributed by atoms with E-state index in [-0.39, 0.29) is 0 Å². The van der Waals surface area contributed by atoms with E-state index in [1.807, 2.05) is 18.2 Å². The lowest BCUT2D eigenvalue weighted by atomic mass is 10.2. The third-order valence-corrected chi connectivity index (χ3v) is 3.53. The van der Waals surface area contributed by atoms with Crippen molar-refractivity contribution in [3.63, 3.8) is 0 Å². The monoisotopic (exact) mass is 284 g/mol. The molecule has 2 heterocycles. The quantitative estimate of drug-likeness (QED) is 0.742. The molecule has 2 aromatic heterocycles. The third kappa shape index (κ3) is 2.97. The first kappa shape index (κ1) is 12.7. The molecule has 20 heavy (non-hydrogen) atoms. The predicted molar refractivity (Wildman–Crippen MR) is 77.9 cm³/mol. The maximum absolute atomic E-state index is 5.63. The van der Waals surface area contributed by atoms with Gasteiger partial charge in [0.15, 0.2) is 0 Å². The Morgan fingerprint density at radius 3 is 2.75 bits per heavy atom. The van der Waals surface area contributed by atoms with Crippen LogP contribution in [0.4, 0.5) is 5.82 Å². The van der Waals surface area contributed by atoms with Crippen LogP contribution in [0.5, 0.6) is 0 Å². The van der Waals surface area contributed by atoms with Crippen molar-refractivity contribution in [3.05, 3.63) is 54.2 Å². The molecule has 3 rings (SSSR count). The number of nitrogens with zero attached hydrogens (tertiary/aromatic N) is 3. The van der Waals surface area contributed by atoms with Crippen LogP contribution in [0.25, 0.3) is 11.5 Å². The summed E-state index contributed by atoms with van der Waals surface area (Å²) in [5.41, 5.74) is 7.62. The molecule has 0 radical (unpaired) electrons. The van der Waals surface area contributed by atoms with Crippen LogP contribution >= 0.6 is 11.8 Å². The summed E-state index contributed by atoms with van der Waals surface area (Å²) in [6.07, 6.45) is 1.62. The van der Waals surface area contributed by atoms with E-state index in [0.29, 0.717) is 16.9 Å². The SMILES string of the molecule is Nc1cc(-c2nnc(SCc3ccccc3)o2)ccn1. The van der Waals surface area contributed by atoms with Gasteiger partial charge in [0.05, 0.1) is 0 Å². The van der Waals surface area contributed by atoms with Crippen molar-refractivity contribution in [1.82, 2.24) is 15.2 Å². The summed E-state index contributed by atoms with van der Waals surface area (Å²) in [7, 11) is 0. The number of hydrogen-bond acceptors (Lipinski definition) is 6. The average Bonchev–Trinajstić information content (AvgIpc) is 2.95. The Hall–Kier alpha value is -2.34. The largest absolute Gasteiger partial charge is 0.411 e. The third-order valence-electron chi connectivity index (χ3n) is 2.64. The molecule has 0 spiro atoms. The molecular weight excluding hydrogens is 272 g/mol. The highest BCUT2D eigenvalue weighted by Gasteiger charge is 2.09. The van der Waals surface area contributed by atoms with E-state index in [0.717, 1.165) is 11.3 Å². The van der Waals surface area contributed by atoms with E-state index in [1.165, 1.54) is 17.3 Å². The van der Waals surface area contributed by atoms with Crippen LogP contribution < -0.4 is 5.73 Å². The zero-order chi connectivity index (χ0) is 13.8. The van der Waals surface area contributed by atoms with Crippen LogP contribution in [0.3, 0.4) is 0 Å². The normalized spacial score (nSPS) is 10.6. The Balaban J connectivity index is 1.71. The molecule has 0 amide bonds. The molecule has 0 aliphatic rings. The molecule has 0 saturated carbocycles. The molecule has 100 valence electrons. The van der Waals surface area contributed by atoms with E-state index in [9.17, 15) is 0 Å². The fourth-order valence-electron chi connectivity index (χ4n) is 1.69. The standard InChI is InChI=1S/C14H12N4OS/c15-12-8-11(6-7-16-12)13-17-18-14(19-13)20-9-10-4-2-1-3-5-10/h1-8H,9H2,(H2,15,16). The second-order valence-corrected chi connectivity index (χ2v) is 5.04. The predicted octanol–water partition coefficient (Wildman–Crippen LogP) is 3.01. The highest BCUT2D eigenvalue weighted by molar-refractivity contribution is 7.98. The highest BCUT2D eigenvalue weighted by Crippen LogP contribution is 2.25. The van der Waals surface area contributed by atoms with Crippen molar-refractivity contribution < 1.29 is 4.42 Å². The molecule has 0 aliphatic carbocycles. The number of nitrogens with two attached hydrogens (primary N) is 1. The van der Waals surface area contributed by atoms with E-state index in [4.69, 9.17) is 10.2 Å². The van der Waals surface area contributed by atoms with E-state index < -0.39 is 0 Å². The first-order valence-electron chi connectivity index (χ1n) is 6.03. The minimum Gasteiger partial charge on any atom is -0.411 e. The fraction of sp³-hybridized carbons (Fsp3) is 0.0714. The van der Waals surface area contributed by atoms with E-state index >= 15 is 0 Å². The second-order valence-electron chi connectivity index (χ2n) is 4.12. The lowest BCUT2D eigenvalue weighted by Gasteiger charge is -1.97. The van der Waals surface area contributed by atoms with Gasteiger partial charge in [-0.25, -0.2) is 4.98 Å². The summed E-state index contributed by atoms with van der Waals surface area (Å²) in [4.78, 5) is 3.93. The Kier molecular flexibility index (Phi) is 3.64. The van der Waals surface area contributed by atoms with Gasteiger partial charge in [-0.05, 0) is 17.7 Å². The molecule has 2 N–H and O–H groups in total. The van der Waals surface area contributed by atoms with Gasteiger partial charge in [-0.2, -0.15) is 0 Å². The molecule has 3 aromatic rings. The van der Waals surface area contributed by atoms with Crippen molar-refractivity contribution in [1.29, 1.82) is 0 Å². The summed E-state index contributed by atoms with van der Waals surface area (Å²) in [5.74, 6) is 1.68. The van der Waals surface area contributed by atoms with Crippen LogP contribution in [0, 0.1) is 0 Å².